The molecule has 108 valence electrons. The van der Waals surface area contributed by atoms with Gasteiger partial charge in [-0.25, -0.2) is 17.8 Å². The highest BCUT2D eigenvalue weighted by Gasteiger charge is 2.20. The molecule has 0 saturated heterocycles. The van der Waals surface area contributed by atoms with Crippen LogP contribution < -0.4 is 4.72 Å². The molecule has 0 saturated carbocycles. The van der Waals surface area contributed by atoms with Crippen LogP contribution in [0.25, 0.3) is 0 Å². The van der Waals surface area contributed by atoms with Crippen LogP contribution in [0.2, 0.25) is 0 Å². The van der Waals surface area contributed by atoms with Crippen LogP contribution in [0.15, 0.2) is 32.9 Å². The summed E-state index contributed by atoms with van der Waals surface area (Å²) in [7, 11) is -3.79. The summed E-state index contributed by atoms with van der Waals surface area (Å²) in [6, 6.07) is 3.41. The van der Waals surface area contributed by atoms with Gasteiger partial charge in [0.15, 0.2) is 5.13 Å². The van der Waals surface area contributed by atoms with Crippen molar-refractivity contribution in [2.45, 2.75) is 24.7 Å². The van der Waals surface area contributed by atoms with E-state index in [1.165, 1.54) is 17.4 Å². The van der Waals surface area contributed by atoms with Crippen LogP contribution in [0.5, 0.6) is 0 Å². The summed E-state index contributed by atoms with van der Waals surface area (Å²) in [5, 5.41) is 2.10. The number of rotatable bonds is 4. The summed E-state index contributed by atoms with van der Waals surface area (Å²) >= 11 is 4.27. The Kier molecular flexibility index (Phi) is 4.46. The lowest BCUT2D eigenvalue weighted by Crippen LogP contribution is -2.13. The lowest BCUT2D eigenvalue weighted by atomic mass is 10.2. The van der Waals surface area contributed by atoms with Gasteiger partial charge in [0.25, 0.3) is 10.0 Å². The topological polar surface area (TPSA) is 59.1 Å². The highest BCUT2D eigenvalue weighted by molar-refractivity contribution is 9.10. The zero-order valence-electron chi connectivity index (χ0n) is 10.7. The van der Waals surface area contributed by atoms with E-state index in [0.717, 1.165) is 17.8 Å². The summed E-state index contributed by atoms with van der Waals surface area (Å²) in [5.74, 6) is -0.283. The Bertz CT molecular complexity index is 729. The Morgan fingerprint density at radius 1 is 1.40 bits per heavy atom. The van der Waals surface area contributed by atoms with Crippen molar-refractivity contribution in [2.75, 3.05) is 4.72 Å². The Morgan fingerprint density at radius 2 is 2.10 bits per heavy atom. The Labute approximate surface area is 129 Å². The Hall–Kier alpha value is -0.990. The van der Waals surface area contributed by atoms with Crippen molar-refractivity contribution in [3.8, 4) is 0 Å². The number of anilines is 1. The summed E-state index contributed by atoms with van der Waals surface area (Å²) in [6.45, 7) is 3.95. The summed E-state index contributed by atoms with van der Waals surface area (Å²) in [6.07, 6.45) is 0. The van der Waals surface area contributed by atoms with Crippen molar-refractivity contribution in [1.82, 2.24) is 4.98 Å². The number of thiazole rings is 1. The lowest BCUT2D eigenvalue weighted by molar-refractivity contribution is 0.599. The van der Waals surface area contributed by atoms with E-state index in [2.05, 4.69) is 25.6 Å². The third-order valence-electron chi connectivity index (χ3n) is 2.52. The minimum absolute atomic E-state index is 0.0276. The number of hydrogen-bond acceptors (Lipinski definition) is 4. The molecular weight excluding hydrogens is 367 g/mol. The second-order valence-electron chi connectivity index (χ2n) is 4.41. The number of hydrogen-bond donors (Lipinski definition) is 1. The predicted molar refractivity (Wildman–Crippen MR) is 81.1 cm³/mol. The Balaban J connectivity index is 2.30. The van der Waals surface area contributed by atoms with Crippen molar-refractivity contribution < 1.29 is 12.8 Å². The van der Waals surface area contributed by atoms with E-state index in [1.54, 1.807) is 0 Å². The monoisotopic (exact) mass is 378 g/mol. The molecule has 1 N–H and O–H groups in total. The van der Waals surface area contributed by atoms with Crippen LogP contribution in [0.1, 0.15) is 25.5 Å². The molecule has 0 aliphatic rings. The highest BCUT2D eigenvalue weighted by atomic mass is 79.9. The molecule has 4 nitrogen and oxygen atoms in total. The number of sulfonamides is 1. The molecule has 0 unspecified atom stereocenters. The van der Waals surface area contributed by atoms with Gasteiger partial charge in [-0.3, -0.25) is 4.72 Å². The van der Waals surface area contributed by atoms with Crippen molar-refractivity contribution in [3.63, 3.8) is 0 Å². The van der Waals surface area contributed by atoms with Gasteiger partial charge in [-0.1, -0.05) is 13.8 Å². The molecule has 0 spiro atoms. The quantitative estimate of drug-likeness (QED) is 0.875. The minimum atomic E-state index is -3.79. The molecule has 20 heavy (non-hydrogen) atoms. The summed E-state index contributed by atoms with van der Waals surface area (Å²) < 4.78 is 40.0. The summed E-state index contributed by atoms with van der Waals surface area (Å²) in [4.78, 5) is 4.18. The third-order valence-corrected chi connectivity index (χ3v) is 5.74. The standard InChI is InChI=1S/C12H12BrFN2O2S2/c1-7(2)10-6-19-12(15-10)16-20(17,18)11-4-3-8(14)5-9(11)13/h3-7H,1-2H3,(H,15,16). The van der Waals surface area contributed by atoms with Crippen LogP contribution in [-0.4, -0.2) is 13.4 Å². The van der Waals surface area contributed by atoms with E-state index in [0.29, 0.717) is 5.13 Å². The average molecular weight is 379 g/mol. The van der Waals surface area contributed by atoms with Crippen LogP contribution in [0.3, 0.4) is 0 Å². The molecule has 0 aliphatic carbocycles. The number of nitrogens with zero attached hydrogens (tertiary/aromatic N) is 1. The predicted octanol–water partition coefficient (Wildman–Crippen LogP) is 3.97. The van der Waals surface area contributed by atoms with Gasteiger partial charge in [-0.15, -0.1) is 11.3 Å². The molecule has 2 aromatic rings. The van der Waals surface area contributed by atoms with Crippen molar-refractivity contribution >= 4 is 42.4 Å². The van der Waals surface area contributed by atoms with Gasteiger partial charge in [-0.2, -0.15) is 0 Å². The Morgan fingerprint density at radius 3 is 2.65 bits per heavy atom. The first-order valence-electron chi connectivity index (χ1n) is 5.73. The van der Waals surface area contributed by atoms with E-state index >= 15 is 0 Å². The molecule has 1 aromatic carbocycles. The minimum Gasteiger partial charge on any atom is -0.255 e. The fraction of sp³-hybridized carbons (Fsp3) is 0.250. The van der Waals surface area contributed by atoms with Crippen molar-refractivity contribution in [2.24, 2.45) is 0 Å². The number of halogens is 2. The molecule has 0 radical (unpaired) electrons. The normalized spacial score (nSPS) is 11.8. The molecule has 1 aromatic heterocycles. The zero-order valence-corrected chi connectivity index (χ0v) is 13.9. The molecule has 1 heterocycles. The fourth-order valence-corrected chi connectivity index (χ4v) is 4.64. The van der Waals surface area contributed by atoms with E-state index in [4.69, 9.17) is 0 Å². The SMILES string of the molecule is CC(C)c1csc(NS(=O)(=O)c2ccc(F)cc2Br)n1. The van der Waals surface area contributed by atoms with Crippen LogP contribution in [0.4, 0.5) is 9.52 Å². The second kappa shape index (κ2) is 5.79. The fourth-order valence-electron chi connectivity index (χ4n) is 1.46. The van der Waals surface area contributed by atoms with Gasteiger partial charge in [-0.05, 0) is 40.0 Å². The van der Waals surface area contributed by atoms with Gasteiger partial charge in [0, 0.05) is 9.85 Å². The highest BCUT2D eigenvalue weighted by Crippen LogP contribution is 2.27. The largest absolute Gasteiger partial charge is 0.264 e. The first-order chi connectivity index (χ1) is 9.29. The second-order valence-corrected chi connectivity index (χ2v) is 7.78. The maximum absolute atomic E-state index is 13.0. The maximum Gasteiger partial charge on any atom is 0.264 e. The number of benzene rings is 1. The molecule has 2 rings (SSSR count). The molecule has 0 amide bonds. The van der Waals surface area contributed by atoms with E-state index in [-0.39, 0.29) is 15.3 Å². The smallest absolute Gasteiger partial charge is 0.255 e. The summed E-state index contributed by atoms with van der Waals surface area (Å²) in [5.41, 5.74) is 0.825. The first kappa shape index (κ1) is 15.4. The zero-order chi connectivity index (χ0) is 14.9. The molecule has 0 atom stereocenters. The van der Waals surface area contributed by atoms with Gasteiger partial charge in [0.1, 0.15) is 10.7 Å². The first-order valence-corrected chi connectivity index (χ1v) is 8.88. The van der Waals surface area contributed by atoms with Crippen LogP contribution >= 0.6 is 27.3 Å². The molecule has 8 heteroatoms. The van der Waals surface area contributed by atoms with Gasteiger partial charge >= 0.3 is 0 Å². The van der Waals surface area contributed by atoms with Crippen molar-refractivity contribution in [1.29, 1.82) is 0 Å². The van der Waals surface area contributed by atoms with Gasteiger partial charge < -0.3 is 0 Å². The van der Waals surface area contributed by atoms with Gasteiger partial charge in [0.2, 0.25) is 0 Å². The van der Waals surface area contributed by atoms with Crippen LogP contribution in [-0.2, 0) is 10.0 Å². The molecule has 0 bridgehead atoms. The molecular formula is C12H12BrFN2O2S2. The number of nitrogens with one attached hydrogen (secondary N) is 1. The van der Waals surface area contributed by atoms with E-state index in [1.807, 2.05) is 19.2 Å². The van der Waals surface area contributed by atoms with Crippen LogP contribution in [0, 0.1) is 5.82 Å². The van der Waals surface area contributed by atoms with Crippen molar-refractivity contribution in [3.05, 3.63) is 39.6 Å². The van der Waals surface area contributed by atoms with Gasteiger partial charge in [0.05, 0.1) is 5.69 Å². The van der Waals surface area contributed by atoms with E-state index in [9.17, 15) is 12.8 Å². The lowest BCUT2D eigenvalue weighted by Gasteiger charge is -2.07. The molecule has 0 aliphatic heterocycles. The third kappa shape index (κ3) is 3.36. The number of aromatic nitrogens is 1. The average Bonchev–Trinajstić information content (AvgIpc) is 2.76. The molecule has 0 fully saturated rings. The maximum atomic E-state index is 13.0. The van der Waals surface area contributed by atoms with E-state index < -0.39 is 15.8 Å².